The van der Waals surface area contributed by atoms with E-state index in [1.54, 1.807) is 36.4 Å². The zero-order valence-corrected chi connectivity index (χ0v) is 14.2. The number of phenols is 1. The Hall–Kier alpha value is -3.26. The number of aromatic hydroxyl groups is 1. The number of aliphatic hydroxyl groups excluding tert-OH is 1. The Balaban J connectivity index is 1.84. The van der Waals surface area contributed by atoms with Crippen molar-refractivity contribution in [3.63, 3.8) is 0 Å². The van der Waals surface area contributed by atoms with Crippen LogP contribution in [0.2, 0.25) is 0 Å². The van der Waals surface area contributed by atoms with Gasteiger partial charge in [0, 0.05) is 12.1 Å². The molecule has 2 aromatic carbocycles. The predicted molar refractivity (Wildman–Crippen MR) is 94.3 cm³/mol. The van der Waals surface area contributed by atoms with Crippen LogP contribution >= 0.6 is 0 Å². The van der Waals surface area contributed by atoms with Gasteiger partial charge in [0.25, 0.3) is 5.91 Å². The molecule has 0 aliphatic carbocycles. The largest absolute Gasteiger partial charge is 0.508 e. The lowest BCUT2D eigenvalue weighted by Crippen LogP contribution is -2.35. The minimum absolute atomic E-state index is 0.0679. The van der Waals surface area contributed by atoms with E-state index < -0.39 is 6.10 Å². The molecule has 0 fully saturated rings. The van der Waals surface area contributed by atoms with Crippen LogP contribution in [0.15, 0.2) is 48.5 Å². The first kappa shape index (κ1) is 17.6. The molecule has 8 nitrogen and oxygen atoms in total. The molecular formula is C18H19N5O3. The number of hydrogen-bond donors (Lipinski definition) is 3. The normalized spacial score (nSPS) is 11.9. The van der Waals surface area contributed by atoms with E-state index in [1.807, 2.05) is 6.92 Å². The molecule has 3 N–H and O–H groups in total. The number of likely N-dealkylation sites (N-methyl/N-ethyl adjacent to an activating group) is 1. The van der Waals surface area contributed by atoms with Gasteiger partial charge >= 0.3 is 0 Å². The van der Waals surface area contributed by atoms with Crippen molar-refractivity contribution < 1.29 is 15.0 Å². The fraction of sp³-hybridized carbons (Fsp3) is 0.222. The molecule has 0 aliphatic rings. The lowest BCUT2D eigenvalue weighted by atomic mass is 10.0. The third-order valence-corrected chi connectivity index (χ3v) is 4.06. The minimum Gasteiger partial charge on any atom is -0.508 e. The summed E-state index contributed by atoms with van der Waals surface area (Å²) in [5.41, 5.74) is 1.54. The molecule has 1 heterocycles. The Labute approximate surface area is 150 Å². The molecular weight excluding hydrogens is 334 g/mol. The fourth-order valence-corrected chi connectivity index (χ4v) is 2.71. The summed E-state index contributed by atoms with van der Waals surface area (Å²) in [5, 5.41) is 33.8. The first-order valence-corrected chi connectivity index (χ1v) is 8.19. The Morgan fingerprint density at radius 3 is 2.73 bits per heavy atom. The summed E-state index contributed by atoms with van der Waals surface area (Å²) >= 11 is 0. The Kier molecular flexibility index (Phi) is 5.23. The number of carbonyl (C=O) groups is 1. The lowest BCUT2D eigenvalue weighted by Gasteiger charge is -2.25. The molecule has 0 bridgehead atoms. The van der Waals surface area contributed by atoms with Crippen molar-refractivity contribution in [1.29, 1.82) is 0 Å². The molecule has 3 aromatic rings. The standard InChI is InChI=1S/C18H19N5O3/c1-2-23(11-16(25)12-6-5-7-13(24)10-12)18(26)15-9-4-3-8-14(15)17-19-21-22-20-17/h3-10,16,24-25H,2,11H2,1H3,(H,19,20,21,22)/t16-/m1/s1. The fourth-order valence-electron chi connectivity index (χ4n) is 2.71. The molecule has 0 radical (unpaired) electrons. The van der Waals surface area contributed by atoms with Crippen LogP contribution in [0.4, 0.5) is 0 Å². The first-order chi connectivity index (χ1) is 12.6. The average molecular weight is 353 g/mol. The molecule has 1 amide bonds. The number of amides is 1. The zero-order chi connectivity index (χ0) is 18.5. The van der Waals surface area contributed by atoms with E-state index in [0.29, 0.717) is 29.1 Å². The second-order valence-corrected chi connectivity index (χ2v) is 5.74. The topological polar surface area (TPSA) is 115 Å². The quantitative estimate of drug-likeness (QED) is 0.622. The summed E-state index contributed by atoms with van der Waals surface area (Å²) in [6.45, 7) is 2.35. The molecule has 26 heavy (non-hydrogen) atoms. The summed E-state index contributed by atoms with van der Waals surface area (Å²) < 4.78 is 0. The smallest absolute Gasteiger partial charge is 0.254 e. The van der Waals surface area contributed by atoms with Crippen LogP contribution in [0, 0.1) is 0 Å². The maximum absolute atomic E-state index is 13.0. The van der Waals surface area contributed by atoms with Gasteiger partial charge in [-0.05, 0) is 35.9 Å². The number of tetrazole rings is 1. The van der Waals surface area contributed by atoms with Crippen molar-refractivity contribution in [1.82, 2.24) is 25.5 Å². The zero-order valence-electron chi connectivity index (χ0n) is 14.2. The number of aliphatic hydroxyl groups is 1. The molecule has 0 spiro atoms. The van der Waals surface area contributed by atoms with Crippen molar-refractivity contribution in [3.8, 4) is 17.1 Å². The number of benzene rings is 2. The van der Waals surface area contributed by atoms with Gasteiger partial charge in [-0.25, -0.2) is 0 Å². The molecule has 8 heteroatoms. The van der Waals surface area contributed by atoms with Gasteiger partial charge in [-0.3, -0.25) is 4.79 Å². The highest BCUT2D eigenvalue weighted by atomic mass is 16.3. The number of nitrogens with zero attached hydrogens (tertiary/aromatic N) is 4. The molecule has 1 aromatic heterocycles. The van der Waals surface area contributed by atoms with E-state index in [4.69, 9.17) is 0 Å². The number of aromatic amines is 1. The number of nitrogens with one attached hydrogen (secondary N) is 1. The molecule has 0 saturated carbocycles. The summed E-state index contributed by atoms with van der Waals surface area (Å²) in [6.07, 6.45) is -0.914. The van der Waals surface area contributed by atoms with Crippen LogP contribution in [-0.4, -0.2) is 54.7 Å². The summed E-state index contributed by atoms with van der Waals surface area (Å²) in [7, 11) is 0. The Morgan fingerprint density at radius 1 is 1.23 bits per heavy atom. The number of aromatic nitrogens is 4. The van der Waals surface area contributed by atoms with Crippen molar-refractivity contribution in [2.24, 2.45) is 0 Å². The second kappa shape index (κ2) is 7.75. The highest BCUT2D eigenvalue weighted by molar-refractivity contribution is 6.00. The molecule has 0 unspecified atom stereocenters. The molecule has 3 rings (SSSR count). The van der Waals surface area contributed by atoms with E-state index in [9.17, 15) is 15.0 Å². The molecule has 134 valence electrons. The van der Waals surface area contributed by atoms with E-state index >= 15 is 0 Å². The number of hydrogen-bond acceptors (Lipinski definition) is 6. The highest BCUT2D eigenvalue weighted by Crippen LogP contribution is 2.23. The van der Waals surface area contributed by atoms with Gasteiger partial charge in [0.1, 0.15) is 5.75 Å². The van der Waals surface area contributed by atoms with Gasteiger partial charge in [-0.1, -0.05) is 30.3 Å². The number of phenolic OH excluding ortho intramolecular Hbond substituents is 1. The van der Waals surface area contributed by atoms with Crippen LogP contribution in [0.25, 0.3) is 11.4 Å². The van der Waals surface area contributed by atoms with Gasteiger partial charge in [0.05, 0.1) is 18.2 Å². The third-order valence-electron chi connectivity index (χ3n) is 4.06. The van der Waals surface area contributed by atoms with Crippen molar-refractivity contribution in [3.05, 3.63) is 59.7 Å². The summed E-state index contributed by atoms with van der Waals surface area (Å²) in [4.78, 5) is 14.5. The summed E-state index contributed by atoms with van der Waals surface area (Å²) in [5.74, 6) is 0.156. The Morgan fingerprint density at radius 2 is 2.04 bits per heavy atom. The molecule has 1 atom stereocenters. The maximum atomic E-state index is 13.0. The predicted octanol–water partition coefficient (Wildman–Crippen LogP) is 1.77. The van der Waals surface area contributed by atoms with Crippen LogP contribution in [0.3, 0.4) is 0 Å². The molecule has 0 aliphatic heterocycles. The lowest BCUT2D eigenvalue weighted by molar-refractivity contribution is 0.0635. The summed E-state index contributed by atoms with van der Waals surface area (Å²) in [6, 6.07) is 13.4. The van der Waals surface area contributed by atoms with Gasteiger partial charge in [0.2, 0.25) is 5.82 Å². The monoisotopic (exact) mass is 353 g/mol. The average Bonchev–Trinajstić information content (AvgIpc) is 3.20. The van der Waals surface area contributed by atoms with Gasteiger partial charge in [-0.15, -0.1) is 10.2 Å². The Bertz CT molecular complexity index is 882. The van der Waals surface area contributed by atoms with Crippen molar-refractivity contribution >= 4 is 5.91 Å². The van der Waals surface area contributed by atoms with Crippen LogP contribution in [0.1, 0.15) is 28.9 Å². The minimum atomic E-state index is -0.914. The van der Waals surface area contributed by atoms with Gasteiger partial charge < -0.3 is 15.1 Å². The van der Waals surface area contributed by atoms with E-state index in [2.05, 4.69) is 20.6 Å². The first-order valence-electron chi connectivity index (χ1n) is 8.19. The number of H-pyrrole nitrogens is 1. The van der Waals surface area contributed by atoms with Gasteiger partial charge in [0.15, 0.2) is 0 Å². The van der Waals surface area contributed by atoms with E-state index in [-0.39, 0.29) is 18.2 Å². The second-order valence-electron chi connectivity index (χ2n) is 5.74. The van der Waals surface area contributed by atoms with E-state index in [0.717, 1.165) is 0 Å². The maximum Gasteiger partial charge on any atom is 0.254 e. The van der Waals surface area contributed by atoms with Crippen LogP contribution < -0.4 is 0 Å². The van der Waals surface area contributed by atoms with Crippen LogP contribution in [-0.2, 0) is 0 Å². The van der Waals surface area contributed by atoms with Gasteiger partial charge in [-0.2, -0.15) is 5.21 Å². The highest BCUT2D eigenvalue weighted by Gasteiger charge is 2.22. The van der Waals surface area contributed by atoms with Crippen molar-refractivity contribution in [2.75, 3.05) is 13.1 Å². The number of rotatable bonds is 6. The number of carbonyl (C=O) groups excluding carboxylic acids is 1. The van der Waals surface area contributed by atoms with E-state index in [1.165, 1.54) is 17.0 Å². The SMILES string of the molecule is CCN(C[C@@H](O)c1cccc(O)c1)C(=O)c1ccccc1-c1nn[nH]n1. The molecule has 0 saturated heterocycles. The third kappa shape index (κ3) is 3.70. The van der Waals surface area contributed by atoms with Crippen LogP contribution in [0.5, 0.6) is 5.75 Å². The van der Waals surface area contributed by atoms with Crippen molar-refractivity contribution in [2.45, 2.75) is 13.0 Å².